The number of benzene rings is 2. The molecule has 26 heavy (non-hydrogen) atoms. The van der Waals surface area contributed by atoms with E-state index in [1.165, 1.54) is 36.4 Å². The number of nitro groups is 1. The van der Waals surface area contributed by atoms with Crippen LogP contribution in [0.2, 0.25) is 0 Å². The lowest BCUT2D eigenvalue weighted by molar-refractivity contribution is -0.385. The smallest absolute Gasteiger partial charge is 0.282 e. The number of hydrogen-bond acceptors (Lipinski definition) is 7. The zero-order chi connectivity index (χ0) is 18.5. The van der Waals surface area contributed by atoms with E-state index in [1.54, 1.807) is 0 Å². The number of fused-ring (bicyclic) bond motifs is 1. The van der Waals surface area contributed by atoms with Gasteiger partial charge in [0.2, 0.25) is 6.79 Å². The molecule has 0 saturated carbocycles. The highest BCUT2D eigenvalue weighted by atomic mass is 19.1. The van der Waals surface area contributed by atoms with E-state index in [0.717, 1.165) is 6.21 Å². The highest BCUT2D eigenvalue weighted by Gasteiger charge is 2.22. The molecule has 0 bridgehead atoms. The van der Waals surface area contributed by atoms with Crippen molar-refractivity contribution in [3.63, 3.8) is 0 Å². The molecular weight excluding hydrogens is 347 g/mol. The maximum Gasteiger partial charge on any atom is 0.282 e. The van der Waals surface area contributed by atoms with Gasteiger partial charge in [-0.15, -0.1) is 0 Å². The van der Waals surface area contributed by atoms with Gasteiger partial charge in [0, 0.05) is 5.69 Å². The summed E-state index contributed by atoms with van der Waals surface area (Å²) in [4.78, 5) is 22.3. The molecule has 0 aromatic heterocycles. The SMILES string of the molecule is O=C(CNc1ccc(F)cc1)N/N=C\c1cc2c(cc1[N+](=O)[O-])OCO2. The van der Waals surface area contributed by atoms with Crippen LogP contribution in [0.1, 0.15) is 5.56 Å². The molecule has 0 atom stereocenters. The van der Waals surface area contributed by atoms with E-state index in [-0.39, 0.29) is 36.2 Å². The number of nitrogens with zero attached hydrogens (tertiary/aromatic N) is 2. The summed E-state index contributed by atoms with van der Waals surface area (Å²) in [7, 11) is 0. The summed E-state index contributed by atoms with van der Waals surface area (Å²) in [6, 6.07) is 8.15. The zero-order valence-electron chi connectivity index (χ0n) is 13.3. The Labute approximate surface area is 146 Å². The van der Waals surface area contributed by atoms with Gasteiger partial charge in [-0.25, -0.2) is 9.82 Å². The molecule has 1 amide bonds. The fourth-order valence-corrected chi connectivity index (χ4v) is 2.17. The van der Waals surface area contributed by atoms with Crippen LogP contribution < -0.4 is 20.2 Å². The van der Waals surface area contributed by atoms with Crippen molar-refractivity contribution in [2.75, 3.05) is 18.7 Å². The van der Waals surface area contributed by atoms with Gasteiger partial charge in [-0.1, -0.05) is 0 Å². The molecule has 2 aromatic rings. The molecule has 0 radical (unpaired) electrons. The Kier molecular flexibility index (Phi) is 4.92. The molecule has 0 fully saturated rings. The number of anilines is 1. The van der Waals surface area contributed by atoms with Gasteiger partial charge in [0.05, 0.1) is 29.3 Å². The van der Waals surface area contributed by atoms with Gasteiger partial charge < -0.3 is 14.8 Å². The number of rotatable bonds is 6. The number of hydrogen-bond donors (Lipinski definition) is 2. The molecule has 1 aliphatic rings. The van der Waals surface area contributed by atoms with Crippen LogP contribution in [0, 0.1) is 15.9 Å². The molecular formula is C16H13FN4O5. The first kappa shape index (κ1) is 17.1. The third kappa shape index (κ3) is 4.04. The first-order valence-corrected chi connectivity index (χ1v) is 7.42. The van der Waals surface area contributed by atoms with Crippen molar-refractivity contribution in [1.29, 1.82) is 0 Å². The largest absolute Gasteiger partial charge is 0.454 e. The van der Waals surface area contributed by atoms with Crippen LogP contribution in [0.15, 0.2) is 41.5 Å². The summed E-state index contributed by atoms with van der Waals surface area (Å²) >= 11 is 0. The van der Waals surface area contributed by atoms with Crippen LogP contribution in [0.25, 0.3) is 0 Å². The second-order valence-corrected chi connectivity index (χ2v) is 5.18. The fourth-order valence-electron chi connectivity index (χ4n) is 2.17. The van der Waals surface area contributed by atoms with Crippen LogP contribution in [-0.4, -0.2) is 30.4 Å². The predicted octanol–water partition coefficient (Wildman–Crippen LogP) is 2.02. The summed E-state index contributed by atoms with van der Waals surface area (Å²) < 4.78 is 23.1. The van der Waals surface area contributed by atoms with E-state index in [2.05, 4.69) is 15.8 Å². The van der Waals surface area contributed by atoms with Crippen molar-refractivity contribution >= 4 is 23.5 Å². The number of amides is 1. The summed E-state index contributed by atoms with van der Waals surface area (Å²) in [5, 5.41) is 17.6. The molecule has 1 heterocycles. The van der Waals surface area contributed by atoms with Crippen LogP contribution in [-0.2, 0) is 4.79 Å². The van der Waals surface area contributed by atoms with E-state index < -0.39 is 10.8 Å². The molecule has 134 valence electrons. The second-order valence-electron chi connectivity index (χ2n) is 5.18. The molecule has 0 saturated heterocycles. The maximum atomic E-state index is 12.8. The highest BCUT2D eigenvalue weighted by Crippen LogP contribution is 2.37. The van der Waals surface area contributed by atoms with E-state index in [0.29, 0.717) is 11.4 Å². The predicted molar refractivity (Wildman–Crippen MR) is 89.8 cm³/mol. The van der Waals surface area contributed by atoms with Crippen molar-refractivity contribution in [2.24, 2.45) is 5.10 Å². The van der Waals surface area contributed by atoms with Gasteiger partial charge in [0.25, 0.3) is 11.6 Å². The van der Waals surface area contributed by atoms with Gasteiger partial charge in [0.15, 0.2) is 11.5 Å². The maximum absolute atomic E-state index is 12.8. The van der Waals surface area contributed by atoms with Gasteiger partial charge >= 0.3 is 0 Å². The number of nitrogens with one attached hydrogen (secondary N) is 2. The second kappa shape index (κ2) is 7.47. The molecule has 0 unspecified atom stereocenters. The molecule has 0 aliphatic carbocycles. The Hall–Kier alpha value is -3.69. The minimum absolute atomic E-state index is 0.0150. The lowest BCUT2D eigenvalue weighted by atomic mass is 10.1. The van der Waals surface area contributed by atoms with Gasteiger partial charge in [0.1, 0.15) is 5.82 Å². The first-order valence-electron chi connectivity index (χ1n) is 7.42. The van der Waals surface area contributed by atoms with Crippen LogP contribution in [0.5, 0.6) is 11.5 Å². The van der Waals surface area contributed by atoms with Crippen LogP contribution >= 0.6 is 0 Å². The lowest BCUT2D eigenvalue weighted by Crippen LogP contribution is -2.25. The van der Waals surface area contributed by atoms with E-state index in [4.69, 9.17) is 9.47 Å². The zero-order valence-corrected chi connectivity index (χ0v) is 13.3. The Bertz CT molecular complexity index is 870. The molecule has 10 heteroatoms. The molecule has 1 aliphatic heterocycles. The number of ether oxygens (including phenoxy) is 2. The average molecular weight is 360 g/mol. The minimum Gasteiger partial charge on any atom is -0.454 e. The minimum atomic E-state index is -0.582. The van der Waals surface area contributed by atoms with E-state index >= 15 is 0 Å². The Balaban J connectivity index is 1.60. The summed E-state index contributed by atoms with van der Waals surface area (Å²) in [5.74, 6) is -0.216. The number of nitro benzene ring substituents is 1. The summed E-state index contributed by atoms with van der Waals surface area (Å²) in [5.41, 5.74) is 2.75. The molecule has 2 N–H and O–H groups in total. The fraction of sp³-hybridized carbons (Fsp3) is 0.125. The summed E-state index contributed by atoms with van der Waals surface area (Å²) in [6.45, 7) is -0.120. The van der Waals surface area contributed by atoms with Crippen molar-refractivity contribution < 1.29 is 23.6 Å². The van der Waals surface area contributed by atoms with Gasteiger partial charge in [-0.05, 0) is 30.3 Å². The number of carbonyl (C=O) groups excluding carboxylic acids is 1. The van der Waals surface area contributed by atoms with Crippen molar-refractivity contribution in [1.82, 2.24) is 5.43 Å². The number of hydrazone groups is 1. The number of halogens is 1. The highest BCUT2D eigenvalue weighted by molar-refractivity contribution is 5.88. The number of carbonyl (C=O) groups is 1. The van der Waals surface area contributed by atoms with Crippen molar-refractivity contribution in [3.8, 4) is 11.5 Å². The quantitative estimate of drug-likeness (QED) is 0.463. The topological polar surface area (TPSA) is 115 Å². The Morgan fingerprint density at radius 2 is 1.96 bits per heavy atom. The van der Waals surface area contributed by atoms with Crippen molar-refractivity contribution in [3.05, 3.63) is 57.9 Å². The standard InChI is InChI=1S/C16H13FN4O5/c17-11-1-3-12(4-2-11)18-8-16(22)20-19-7-10-5-14-15(26-9-25-14)6-13(10)21(23)24/h1-7,18H,8-9H2,(H,20,22)/b19-7-. The third-order valence-electron chi connectivity index (χ3n) is 3.41. The Morgan fingerprint density at radius 1 is 1.27 bits per heavy atom. The molecule has 9 nitrogen and oxygen atoms in total. The third-order valence-corrected chi connectivity index (χ3v) is 3.41. The normalized spacial score (nSPS) is 12.2. The molecule has 3 rings (SSSR count). The molecule has 2 aromatic carbocycles. The average Bonchev–Trinajstić information content (AvgIpc) is 3.08. The summed E-state index contributed by atoms with van der Waals surface area (Å²) in [6.07, 6.45) is 1.15. The van der Waals surface area contributed by atoms with E-state index in [1.807, 2.05) is 0 Å². The van der Waals surface area contributed by atoms with Crippen LogP contribution in [0.3, 0.4) is 0 Å². The van der Waals surface area contributed by atoms with Crippen LogP contribution in [0.4, 0.5) is 15.8 Å². The van der Waals surface area contributed by atoms with Crippen molar-refractivity contribution in [2.45, 2.75) is 0 Å². The lowest BCUT2D eigenvalue weighted by Gasteiger charge is -2.05. The van der Waals surface area contributed by atoms with Gasteiger partial charge in [-0.3, -0.25) is 14.9 Å². The Morgan fingerprint density at radius 3 is 2.65 bits per heavy atom. The van der Waals surface area contributed by atoms with E-state index in [9.17, 15) is 19.3 Å². The molecule has 0 spiro atoms. The first-order chi connectivity index (χ1) is 12.5. The van der Waals surface area contributed by atoms with Gasteiger partial charge in [-0.2, -0.15) is 5.10 Å². The monoisotopic (exact) mass is 360 g/mol.